The fourth-order valence-electron chi connectivity index (χ4n) is 4.37. The second-order valence-corrected chi connectivity index (χ2v) is 9.36. The SMILES string of the molecule is NCC1CNCCO1.NCCN1CCNCC1.NCCc1c[nH]c2ccccc12.Nc1cccc2[nH]cnc12. The van der Waals surface area contributed by atoms with Crippen LogP contribution in [0.5, 0.6) is 0 Å². The molecule has 4 aromatic rings. The minimum Gasteiger partial charge on any atom is -0.397 e. The highest BCUT2D eigenvalue weighted by molar-refractivity contribution is 5.86. The quantitative estimate of drug-likeness (QED) is 0.168. The first kappa shape index (κ1) is 30.5. The van der Waals surface area contributed by atoms with Gasteiger partial charge in [0.2, 0.25) is 0 Å². The zero-order valence-corrected chi connectivity index (χ0v) is 22.9. The molecule has 12 N–H and O–H groups in total. The summed E-state index contributed by atoms with van der Waals surface area (Å²) in [5, 5.41) is 7.77. The Kier molecular flexibility index (Phi) is 13.7. The summed E-state index contributed by atoms with van der Waals surface area (Å²) in [6.07, 6.45) is 4.88. The van der Waals surface area contributed by atoms with E-state index in [0.717, 1.165) is 82.1 Å². The summed E-state index contributed by atoms with van der Waals surface area (Å²) in [5.74, 6) is 0. The molecule has 4 heterocycles. The summed E-state index contributed by atoms with van der Waals surface area (Å²) >= 11 is 0. The number of benzene rings is 2. The van der Waals surface area contributed by atoms with Gasteiger partial charge in [0.1, 0.15) is 5.52 Å². The van der Waals surface area contributed by atoms with Crippen molar-refractivity contribution in [2.45, 2.75) is 12.5 Å². The lowest BCUT2D eigenvalue weighted by Gasteiger charge is -2.26. The van der Waals surface area contributed by atoms with Crippen molar-refractivity contribution in [3.63, 3.8) is 0 Å². The van der Waals surface area contributed by atoms with Crippen molar-refractivity contribution >= 4 is 27.6 Å². The van der Waals surface area contributed by atoms with Gasteiger partial charge in [-0.05, 0) is 36.7 Å². The second-order valence-electron chi connectivity index (χ2n) is 9.36. The van der Waals surface area contributed by atoms with Crippen LogP contribution in [-0.2, 0) is 11.2 Å². The summed E-state index contributed by atoms with van der Waals surface area (Å²) in [6, 6.07) is 14.0. The number of morpholine rings is 1. The van der Waals surface area contributed by atoms with E-state index < -0.39 is 0 Å². The third kappa shape index (κ3) is 10.2. The van der Waals surface area contributed by atoms with E-state index in [1.54, 1.807) is 6.33 Å². The number of hydrogen-bond donors (Lipinski definition) is 8. The lowest BCUT2D eigenvalue weighted by Crippen LogP contribution is -2.45. The van der Waals surface area contributed by atoms with Crippen LogP contribution >= 0.6 is 0 Å². The minimum absolute atomic E-state index is 0.253. The number of piperazine rings is 1. The molecule has 2 aliphatic heterocycles. The van der Waals surface area contributed by atoms with Crippen LogP contribution in [-0.4, -0.2) is 98.0 Å². The first-order valence-corrected chi connectivity index (χ1v) is 13.7. The molecule has 0 spiro atoms. The average molecular weight is 539 g/mol. The van der Waals surface area contributed by atoms with Gasteiger partial charge in [-0.25, -0.2) is 4.98 Å². The number of aromatic nitrogens is 3. The molecular formula is C28H46N10O. The highest BCUT2D eigenvalue weighted by atomic mass is 16.5. The Morgan fingerprint density at radius 3 is 2.36 bits per heavy atom. The molecule has 2 saturated heterocycles. The molecule has 1 unspecified atom stereocenters. The number of nitrogens with one attached hydrogen (secondary N) is 4. The number of nitrogens with two attached hydrogens (primary N) is 4. The summed E-state index contributed by atoms with van der Waals surface area (Å²) in [6.45, 7) is 10.5. The Balaban J connectivity index is 0.000000145. The number of fused-ring (bicyclic) bond motifs is 2. The predicted molar refractivity (Wildman–Crippen MR) is 162 cm³/mol. The van der Waals surface area contributed by atoms with Crippen LogP contribution in [0.1, 0.15) is 5.56 Å². The molecule has 11 heteroatoms. The van der Waals surface area contributed by atoms with Crippen LogP contribution in [0.25, 0.3) is 21.9 Å². The van der Waals surface area contributed by atoms with Crippen molar-refractivity contribution in [1.29, 1.82) is 0 Å². The van der Waals surface area contributed by atoms with Crippen molar-refractivity contribution < 1.29 is 4.74 Å². The van der Waals surface area contributed by atoms with E-state index in [2.05, 4.69) is 48.7 Å². The molecule has 0 radical (unpaired) electrons. The van der Waals surface area contributed by atoms with E-state index in [1.807, 2.05) is 30.5 Å². The fraction of sp³-hybridized carbons (Fsp3) is 0.464. The van der Waals surface area contributed by atoms with Gasteiger partial charge in [0.15, 0.2) is 0 Å². The van der Waals surface area contributed by atoms with Gasteiger partial charge in [-0.15, -0.1) is 0 Å². The van der Waals surface area contributed by atoms with Gasteiger partial charge in [-0.2, -0.15) is 0 Å². The van der Waals surface area contributed by atoms with Gasteiger partial charge < -0.3 is 48.3 Å². The highest BCUT2D eigenvalue weighted by Gasteiger charge is 2.09. The molecule has 0 saturated carbocycles. The van der Waals surface area contributed by atoms with Crippen LogP contribution < -0.4 is 33.6 Å². The molecule has 1 atom stereocenters. The Bertz CT molecular complexity index is 1180. The molecule has 2 aromatic carbocycles. The van der Waals surface area contributed by atoms with Crippen molar-refractivity contribution in [3.05, 3.63) is 60.6 Å². The molecule has 2 fully saturated rings. The van der Waals surface area contributed by atoms with Crippen LogP contribution in [0, 0.1) is 0 Å². The Labute approximate surface area is 231 Å². The molecule has 0 amide bonds. The van der Waals surface area contributed by atoms with Gasteiger partial charge in [0.05, 0.1) is 30.2 Å². The number of imidazole rings is 1. The number of rotatable bonds is 5. The Morgan fingerprint density at radius 1 is 0.897 bits per heavy atom. The zero-order valence-electron chi connectivity index (χ0n) is 22.9. The molecule has 2 aliphatic rings. The highest BCUT2D eigenvalue weighted by Crippen LogP contribution is 2.17. The maximum Gasteiger partial charge on any atom is 0.111 e. The zero-order chi connectivity index (χ0) is 27.7. The van der Waals surface area contributed by atoms with E-state index >= 15 is 0 Å². The summed E-state index contributed by atoms with van der Waals surface area (Å²) in [5.41, 5.74) is 26.9. The summed E-state index contributed by atoms with van der Waals surface area (Å²) in [4.78, 5) is 12.6. The normalized spacial score (nSPS) is 17.4. The number of anilines is 1. The van der Waals surface area contributed by atoms with Crippen LogP contribution in [0.4, 0.5) is 5.69 Å². The Morgan fingerprint density at radius 2 is 1.69 bits per heavy atom. The maximum atomic E-state index is 5.62. The van der Waals surface area contributed by atoms with Crippen LogP contribution in [0.2, 0.25) is 0 Å². The van der Waals surface area contributed by atoms with E-state index in [4.69, 9.17) is 27.7 Å². The van der Waals surface area contributed by atoms with Crippen molar-refractivity contribution in [1.82, 2.24) is 30.5 Å². The van der Waals surface area contributed by atoms with Gasteiger partial charge in [0, 0.05) is 76.0 Å². The summed E-state index contributed by atoms with van der Waals surface area (Å²) in [7, 11) is 0. The van der Waals surface area contributed by atoms with Crippen molar-refractivity contribution in [3.8, 4) is 0 Å². The van der Waals surface area contributed by atoms with Crippen molar-refractivity contribution in [2.24, 2.45) is 17.2 Å². The van der Waals surface area contributed by atoms with Gasteiger partial charge in [0.25, 0.3) is 0 Å². The standard InChI is InChI=1S/C10H12N2.C7H7N3.C6H15N3.C5H12N2O/c11-6-5-8-7-12-10-4-2-1-3-9(8)10;8-5-2-1-3-6-7(5)10-4-9-6;7-1-4-9-5-2-8-3-6-9;6-3-5-4-7-1-2-8-5/h1-4,7,12H,5-6,11H2;1-4H,8H2,(H,9,10);8H,1-7H2;5,7H,1-4,6H2. The monoisotopic (exact) mass is 538 g/mol. The molecular weight excluding hydrogens is 492 g/mol. The van der Waals surface area contributed by atoms with Crippen molar-refractivity contribution in [2.75, 3.05) is 77.8 Å². The molecule has 0 bridgehead atoms. The predicted octanol–water partition coefficient (Wildman–Crippen LogP) is 0.598. The van der Waals surface area contributed by atoms with Crippen LogP contribution in [0.3, 0.4) is 0 Å². The molecule has 0 aliphatic carbocycles. The number of nitrogen functional groups attached to an aromatic ring is 1. The molecule has 2 aromatic heterocycles. The topological polar surface area (TPSA) is 185 Å². The van der Waals surface area contributed by atoms with Gasteiger partial charge in [-0.3, -0.25) is 4.90 Å². The van der Waals surface area contributed by atoms with E-state index in [0.29, 0.717) is 13.1 Å². The second kappa shape index (κ2) is 17.5. The third-order valence-corrected chi connectivity index (χ3v) is 6.49. The third-order valence-electron chi connectivity index (χ3n) is 6.49. The lowest BCUT2D eigenvalue weighted by molar-refractivity contribution is 0.0346. The molecule has 6 rings (SSSR count). The number of ether oxygens (including phenoxy) is 1. The first-order chi connectivity index (χ1) is 19.2. The lowest BCUT2D eigenvalue weighted by atomic mass is 10.1. The minimum atomic E-state index is 0.253. The van der Waals surface area contributed by atoms with E-state index in [-0.39, 0.29) is 6.10 Å². The van der Waals surface area contributed by atoms with E-state index in [1.165, 1.54) is 16.5 Å². The molecule has 214 valence electrons. The van der Waals surface area contributed by atoms with Gasteiger partial charge >= 0.3 is 0 Å². The maximum absolute atomic E-state index is 5.62. The van der Waals surface area contributed by atoms with E-state index in [9.17, 15) is 0 Å². The average Bonchev–Trinajstić information content (AvgIpc) is 3.64. The number of aromatic amines is 2. The number of H-pyrrole nitrogens is 2. The first-order valence-electron chi connectivity index (χ1n) is 13.7. The number of nitrogens with zero attached hydrogens (tertiary/aromatic N) is 2. The molecule has 39 heavy (non-hydrogen) atoms. The van der Waals surface area contributed by atoms with Crippen LogP contribution in [0.15, 0.2) is 55.0 Å². The number of hydrogen-bond acceptors (Lipinski definition) is 9. The number of para-hydroxylation sites is 2. The van der Waals surface area contributed by atoms with Gasteiger partial charge in [-0.1, -0.05) is 24.3 Å². The molecule has 11 nitrogen and oxygen atoms in total. The fourth-order valence-corrected chi connectivity index (χ4v) is 4.37. The smallest absolute Gasteiger partial charge is 0.111 e. The Hall–Kier alpha value is -3.03. The summed E-state index contributed by atoms with van der Waals surface area (Å²) < 4.78 is 5.24. The largest absolute Gasteiger partial charge is 0.397 e.